The Morgan fingerprint density at radius 1 is 0.857 bits per heavy atom. The molecule has 0 radical (unpaired) electrons. The fraction of sp³-hybridized carbons (Fsp3) is 0.537. The van der Waals surface area contributed by atoms with E-state index in [0.717, 1.165) is 41.6 Å². The lowest BCUT2D eigenvalue weighted by Crippen LogP contribution is -2.46. The van der Waals surface area contributed by atoms with E-state index in [0.29, 0.717) is 101 Å². The molecule has 9 N–H and O–H groups in total. The Morgan fingerprint density at radius 2 is 1.51 bits per heavy atom. The third-order valence-electron chi connectivity index (χ3n) is 13.2. The molecule has 6 rings (SSSR count). The van der Waals surface area contributed by atoms with Crippen LogP contribution in [0.15, 0.2) is 65.6 Å². The number of carbonyl (C=O) groups excluding carboxylic acids is 5. The van der Waals surface area contributed by atoms with Crippen LogP contribution in [0.4, 0.5) is 15.4 Å². The number of aryl methyl sites for hydroxylation is 1. The summed E-state index contributed by atoms with van der Waals surface area (Å²) in [6, 6.07) is 15.4. The highest BCUT2D eigenvalue weighted by molar-refractivity contribution is 5.93. The van der Waals surface area contributed by atoms with Crippen molar-refractivity contribution < 1.29 is 47.7 Å². The average Bonchev–Trinajstić information content (AvgIpc) is 4.00. The fourth-order valence-corrected chi connectivity index (χ4v) is 8.67. The van der Waals surface area contributed by atoms with Crippen molar-refractivity contribution in [3.05, 3.63) is 93.8 Å². The lowest BCUT2D eigenvalue weighted by atomic mass is 9.88. The molecule has 3 heterocycles. The van der Waals surface area contributed by atoms with Crippen LogP contribution in [0.3, 0.4) is 0 Å². The van der Waals surface area contributed by atoms with E-state index in [1.54, 1.807) is 40.8 Å². The highest BCUT2D eigenvalue weighted by Crippen LogP contribution is 2.26. The highest BCUT2D eigenvalue weighted by atomic mass is 16.6. The molecule has 77 heavy (non-hydrogen) atoms. The molecule has 4 amide bonds. The molecule has 1 saturated carbocycles. The second kappa shape index (κ2) is 30.6. The predicted molar refractivity (Wildman–Crippen MR) is 287 cm³/mol. The third-order valence-corrected chi connectivity index (χ3v) is 13.2. The molecular formula is C54H76N12O11. The maximum atomic E-state index is 13.8. The Kier molecular flexibility index (Phi) is 23.5. The Hall–Kier alpha value is -7.05. The van der Waals surface area contributed by atoms with Gasteiger partial charge in [0.05, 0.1) is 77.7 Å². The molecule has 0 aliphatic heterocycles. The zero-order chi connectivity index (χ0) is 55.1. The van der Waals surface area contributed by atoms with E-state index in [1.165, 1.54) is 4.57 Å². The van der Waals surface area contributed by atoms with Crippen LogP contribution in [0, 0.1) is 18.8 Å². The molecule has 23 heteroatoms. The minimum absolute atomic E-state index is 0.00812. The van der Waals surface area contributed by atoms with E-state index in [9.17, 15) is 28.8 Å². The van der Waals surface area contributed by atoms with E-state index in [1.807, 2.05) is 50.4 Å². The number of nitrogens with zero attached hydrogens (tertiary/aromatic N) is 6. The smallest absolute Gasteiger partial charge is 0.410 e. The summed E-state index contributed by atoms with van der Waals surface area (Å²) in [4.78, 5) is 91.3. The van der Waals surface area contributed by atoms with Gasteiger partial charge in [0.25, 0.3) is 0 Å². The summed E-state index contributed by atoms with van der Waals surface area (Å²) in [6.45, 7) is 10.4. The number of benzene rings is 2. The summed E-state index contributed by atoms with van der Waals surface area (Å²) in [6.07, 6.45) is 4.99. The fourth-order valence-electron chi connectivity index (χ4n) is 8.67. The van der Waals surface area contributed by atoms with Crippen LogP contribution < -0.4 is 33.5 Å². The number of primary amides is 1. The first-order chi connectivity index (χ1) is 37.2. The van der Waals surface area contributed by atoms with E-state index < -0.39 is 30.0 Å². The molecule has 0 saturated heterocycles. The number of rotatable bonds is 35. The van der Waals surface area contributed by atoms with Gasteiger partial charge in [-0.1, -0.05) is 62.4 Å². The topological polar surface area (TPSA) is 318 Å². The van der Waals surface area contributed by atoms with Crippen molar-refractivity contribution in [2.24, 2.45) is 23.3 Å². The van der Waals surface area contributed by atoms with Crippen LogP contribution in [0.5, 0.6) is 0 Å². The molecule has 1 aliphatic carbocycles. The van der Waals surface area contributed by atoms with Gasteiger partial charge in [0, 0.05) is 62.6 Å². The van der Waals surface area contributed by atoms with Crippen LogP contribution in [0.25, 0.3) is 22.4 Å². The second-order valence-corrected chi connectivity index (χ2v) is 19.4. The number of fused-ring (bicyclic) bond motifs is 1. The first-order valence-corrected chi connectivity index (χ1v) is 26.4. The zero-order valence-electron chi connectivity index (χ0n) is 44.5. The van der Waals surface area contributed by atoms with Crippen LogP contribution >= 0.6 is 0 Å². The van der Waals surface area contributed by atoms with Gasteiger partial charge in [-0.25, -0.2) is 24.4 Å². The minimum Gasteiger partial charge on any atom is -0.445 e. The summed E-state index contributed by atoms with van der Waals surface area (Å²) < 4.78 is 30.9. The molecule has 3 aromatic heterocycles. The Balaban J connectivity index is 0.947. The van der Waals surface area contributed by atoms with Gasteiger partial charge < -0.3 is 61.4 Å². The number of urea groups is 1. The lowest BCUT2D eigenvalue weighted by molar-refractivity contribution is -0.134. The molecule has 23 nitrogen and oxygen atoms in total. The number of imidazole rings is 1. The summed E-state index contributed by atoms with van der Waals surface area (Å²) in [5.74, 6) is -0.950. The number of ether oxygens (including phenoxy) is 5. The first kappa shape index (κ1) is 59.2. The number of aromatic nitrogens is 6. The third kappa shape index (κ3) is 18.9. The molecule has 0 unspecified atom stereocenters. The van der Waals surface area contributed by atoms with Gasteiger partial charge in [-0.2, -0.15) is 5.10 Å². The van der Waals surface area contributed by atoms with Gasteiger partial charge in [-0.05, 0) is 67.7 Å². The summed E-state index contributed by atoms with van der Waals surface area (Å²) >= 11 is 0. The van der Waals surface area contributed by atoms with E-state index in [4.69, 9.17) is 46.0 Å². The van der Waals surface area contributed by atoms with Crippen molar-refractivity contribution in [3.63, 3.8) is 0 Å². The van der Waals surface area contributed by atoms with Crippen molar-refractivity contribution in [1.82, 2.24) is 44.8 Å². The van der Waals surface area contributed by atoms with Crippen molar-refractivity contribution >= 4 is 46.6 Å². The van der Waals surface area contributed by atoms with Gasteiger partial charge in [0.2, 0.25) is 5.91 Å². The lowest BCUT2D eigenvalue weighted by Gasteiger charge is -2.36. The minimum atomic E-state index is -0.886. The number of Topliss-reactive ketones (excluding diaryl/α,β-unsaturated/α-hetero) is 2. The molecule has 418 valence electrons. The number of aromatic amines is 1. The number of carbonyl (C=O) groups is 5. The number of nitrogens with two attached hydrogens (primary N) is 3. The molecule has 0 bridgehead atoms. The molecule has 1 aliphatic rings. The molecule has 2 aromatic carbocycles. The Morgan fingerprint density at radius 3 is 2.14 bits per heavy atom. The zero-order valence-corrected chi connectivity index (χ0v) is 44.5. The summed E-state index contributed by atoms with van der Waals surface area (Å²) in [5, 5.41) is 10.2. The first-order valence-electron chi connectivity index (χ1n) is 26.4. The van der Waals surface area contributed by atoms with Gasteiger partial charge in [-0.3, -0.25) is 23.6 Å². The van der Waals surface area contributed by atoms with Crippen molar-refractivity contribution in [2.45, 2.75) is 104 Å². The van der Waals surface area contributed by atoms with Crippen molar-refractivity contribution in [2.75, 3.05) is 78.2 Å². The van der Waals surface area contributed by atoms with E-state index in [2.05, 4.69) is 25.6 Å². The standard InChI is InChI=1S/C54H76N12O11/c1-36(2)44(33-43(67)18-24-73-26-28-75-30-31-76-29-27-74-25-19-55)51(69)61-46(8-5-20-58-52(57)70)47(68)32-38-9-11-40(12-10-38)35-77-54(72)65(42-6-4-7-42)23-22-64-21-17-45(63-64)41-15-13-39(14-16-41)34-66-50-48(62-53(66)71)49(56)59-37(3)60-50/h9-17,21,36,42,44,46H,4-8,18-20,22-35,55H2,1-3H3,(H,61,69)(H,62,71)(H2,56,59,60)(H3,57,58,70)/t44-,46-/m0/s1. The van der Waals surface area contributed by atoms with Crippen LogP contribution in [0.1, 0.15) is 81.3 Å². The number of anilines is 1. The van der Waals surface area contributed by atoms with Crippen molar-refractivity contribution in [1.29, 1.82) is 0 Å². The summed E-state index contributed by atoms with van der Waals surface area (Å²) in [5.41, 5.74) is 21.2. The predicted octanol–water partition coefficient (Wildman–Crippen LogP) is 3.80. The van der Waals surface area contributed by atoms with E-state index in [-0.39, 0.29) is 80.5 Å². The van der Waals surface area contributed by atoms with Crippen LogP contribution in [-0.4, -0.2) is 148 Å². The number of hydrogen-bond donors (Lipinski definition) is 6. The normalized spacial score (nSPS) is 13.3. The molecule has 1 fully saturated rings. The average molecular weight is 1070 g/mol. The van der Waals surface area contributed by atoms with Crippen LogP contribution in [0.2, 0.25) is 0 Å². The maximum Gasteiger partial charge on any atom is 0.410 e. The highest BCUT2D eigenvalue weighted by Gasteiger charge is 2.31. The molecule has 2 atom stereocenters. The number of nitrogens with one attached hydrogen (secondary N) is 3. The molecule has 0 spiro atoms. The second-order valence-electron chi connectivity index (χ2n) is 19.4. The van der Waals surface area contributed by atoms with Gasteiger partial charge in [0.1, 0.15) is 23.7 Å². The monoisotopic (exact) mass is 1070 g/mol. The van der Waals surface area contributed by atoms with Gasteiger partial charge >= 0.3 is 17.8 Å². The van der Waals surface area contributed by atoms with E-state index >= 15 is 0 Å². The number of nitrogen functional groups attached to an aromatic ring is 1. The quantitative estimate of drug-likeness (QED) is 0.0314. The van der Waals surface area contributed by atoms with Gasteiger partial charge in [0.15, 0.2) is 17.2 Å². The molecule has 5 aromatic rings. The largest absolute Gasteiger partial charge is 0.445 e. The molecular weight excluding hydrogens is 993 g/mol. The SMILES string of the molecule is Cc1nc(N)c2[nH]c(=O)n(Cc3ccc(-c4ccn(CCN(C(=O)OCc5ccc(CC(=O)[C@H](CCCNC(N)=O)NC(=O)[C@@H](CC(=O)CCOCCOCCOCCOCCN)C(C)C)cc5)C5CCC5)n4)cc3)c2n1. The number of H-pyrrole nitrogens is 1. The Labute approximate surface area is 448 Å². The van der Waals surface area contributed by atoms with Crippen molar-refractivity contribution in [3.8, 4) is 11.3 Å². The number of amides is 4. The summed E-state index contributed by atoms with van der Waals surface area (Å²) in [7, 11) is 0. The van der Waals surface area contributed by atoms with Crippen LogP contribution in [-0.2, 0) is 64.2 Å². The maximum absolute atomic E-state index is 13.8. The van der Waals surface area contributed by atoms with Gasteiger partial charge in [-0.15, -0.1) is 0 Å². The number of ketones is 2. The number of hydrogen-bond acceptors (Lipinski definition) is 16. The Bertz CT molecular complexity index is 2740.